The van der Waals surface area contributed by atoms with Gasteiger partial charge in [0.1, 0.15) is 6.33 Å². The van der Waals surface area contributed by atoms with Crippen LogP contribution in [0.2, 0.25) is 0 Å². The van der Waals surface area contributed by atoms with Crippen LogP contribution < -0.4 is 24.6 Å². The lowest BCUT2D eigenvalue weighted by atomic mass is 9.95. The number of ether oxygens (including phenoxy) is 2. The zero-order valence-electron chi connectivity index (χ0n) is 17.5. The van der Waals surface area contributed by atoms with Crippen LogP contribution in [0.25, 0.3) is 0 Å². The van der Waals surface area contributed by atoms with Crippen LogP contribution in [0, 0.1) is 5.92 Å². The Morgan fingerprint density at radius 2 is 1.93 bits per heavy atom. The van der Waals surface area contributed by atoms with Gasteiger partial charge in [0.2, 0.25) is 5.91 Å². The molecule has 1 N–H and O–H groups in total. The molecule has 0 bridgehead atoms. The van der Waals surface area contributed by atoms with Crippen molar-refractivity contribution in [3.63, 3.8) is 0 Å². The molecule has 0 unspecified atom stereocenters. The number of rotatable bonds is 7. The van der Waals surface area contributed by atoms with E-state index in [1.165, 1.54) is 0 Å². The molecule has 1 amide bonds. The summed E-state index contributed by atoms with van der Waals surface area (Å²) in [6.45, 7) is 2.09. The minimum atomic E-state index is 0.0128. The highest BCUT2D eigenvalue weighted by atomic mass is 16.5. The average molecular weight is 399 g/mol. The number of nitrogens with zero attached hydrogens (tertiary/aromatic N) is 4. The quantitative estimate of drug-likeness (QED) is 0.764. The molecule has 1 aliphatic heterocycles. The molecule has 0 spiro atoms. The highest BCUT2D eigenvalue weighted by Crippen LogP contribution is 2.29. The van der Waals surface area contributed by atoms with Crippen molar-refractivity contribution in [2.45, 2.75) is 19.4 Å². The molecule has 1 aromatic heterocycles. The summed E-state index contributed by atoms with van der Waals surface area (Å²) >= 11 is 0. The van der Waals surface area contributed by atoms with Crippen LogP contribution in [-0.4, -0.2) is 57.3 Å². The number of piperidine rings is 1. The van der Waals surface area contributed by atoms with E-state index < -0.39 is 0 Å². The van der Waals surface area contributed by atoms with Crippen molar-refractivity contribution in [1.82, 2.24) is 15.3 Å². The number of aromatic nitrogens is 2. The SMILES string of the molecule is COc1ccc(CNC(=O)C2CCN(c3cncnc3N(C)C)CC2)cc1OC. The Balaban J connectivity index is 1.54. The van der Waals surface area contributed by atoms with Crippen molar-refractivity contribution in [1.29, 1.82) is 0 Å². The Morgan fingerprint density at radius 1 is 1.21 bits per heavy atom. The minimum absolute atomic E-state index is 0.0128. The van der Waals surface area contributed by atoms with E-state index in [9.17, 15) is 4.79 Å². The Bertz CT molecular complexity index is 835. The zero-order chi connectivity index (χ0) is 20.8. The normalized spacial score (nSPS) is 14.4. The second kappa shape index (κ2) is 9.45. The van der Waals surface area contributed by atoms with E-state index in [0.717, 1.165) is 43.0 Å². The van der Waals surface area contributed by atoms with Gasteiger partial charge in [-0.25, -0.2) is 9.97 Å². The van der Waals surface area contributed by atoms with E-state index in [2.05, 4.69) is 20.2 Å². The summed E-state index contributed by atoms with van der Waals surface area (Å²) in [6, 6.07) is 5.67. The van der Waals surface area contributed by atoms with Gasteiger partial charge in [0, 0.05) is 39.6 Å². The van der Waals surface area contributed by atoms with E-state index in [1.54, 1.807) is 20.5 Å². The summed E-state index contributed by atoms with van der Waals surface area (Å²) in [7, 11) is 7.16. The lowest BCUT2D eigenvalue weighted by Crippen LogP contribution is -2.41. The number of methoxy groups -OCH3 is 2. The fourth-order valence-electron chi connectivity index (χ4n) is 3.59. The number of amides is 1. The van der Waals surface area contributed by atoms with Crippen LogP contribution in [0.1, 0.15) is 18.4 Å². The maximum absolute atomic E-state index is 12.6. The zero-order valence-corrected chi connectivity index (χ0v) is 17.5. The largest absolute Gasteiger partial charge is 0.493 e. The van der Waals surface area contributed by atoms with Crippen LogP contribution >= 0.6 is 0 Å². The molecular formula is C21H29N5O3. The van der Waals surface area contributed by atoms with Crippen LogP contribution in [-0.2, 0) is 11.3 Å². The van der Waals surface area contributed by atoms with Crippen molar-refractivity contribution in [2.75, 3.05) is 51.2 Å². The Hall–Kier alpha value is -3.03. The highest BCUT2D eigenvalue weighted by molar-refractivity contribution is 5.79. The number of benzene rings is 1. The molecule has 0 atom stereocenters. The molecule has 1 fully saturated rings. The van der Waals surface area contributed by atoms with Crippen molar-refractivity contribution in [3.05, 3.63) is 36.3 Å². The highest BCUT2D eigenvalue weighted by Gasteiger charge is 2.26. The topological polar surface area (TPSA) is 79.8 Å². The second-order valence-corrected chi connectivity index (χ2v) is 7.29. The molecule has 2 heterocycles. The lowest BCUT2D eigenvalue weighted by Gasteiger charge is -2.34. The van der Waals surface area contributed by atoms with Crippen molar-refractivity contribution in [3.8, 4) is 11.5 Å². The lowest BCUT2D eigenvalue weighted by molar-refractivity contribution is -0.125. The average Bonchev–Trinajstić information content (AvgIpc) is 2.77. The predicted octanol–water partition coefficient (Wildman–Crippen LogP) is 2.09. The monoisotopic (exact) mass is 399 g/mol. The molecule has 1 aliphatic rings. The first-order valence-electron chi connectivity index (χ1n) is 9.74. The summed E-state index contributed by atoms with van der Waals surface area (Å²) in [5.41, 5.74) is 1.99. The fraction of sp³-hybridized carbons (Fsp3) is 0.476. The summed E-state index contributed by atoms with van der Waals surface area (Å²) in [5, 5.41) is 3.05. The Kier molecular flexibility index (Phi) is 6.74. The third-order valence-electron chi connectivity index (χ3n) is 5.22. The summed E-state index contributed by atoms with van der Waals surface area (Å²) in [5.74, 6) is 2.35. The number of carbonyl (C=O) groups excluding carboxylic acids is 1. The minimum Gasteiger partial charge on any atom is -0.493 e. The van der Waals surface area contributed by atoms with Gasteiger partial charge in [-0.1, -0.05) is 6.07 Å². The van der Waals surface area contributed by atoms with Gasteiger partial charge in [0.15, 0.2) is 17.3 Å². The van der Waals surface area contributed by atoms with E-state index in [0.29, 0.717) is 18.0 Å². The fourth-order valence-corrected chi connectivity index (χ4v) is 3.59. The third kappa shape index (κ3) is 4.88. The first-order chi connectivity index (χ1) is 14.0. The number of anilines is 2. The van der Waals surface area contributed by atoms with Gasteiger partial charge in [0.05, 0.1) is 26.1 Å². The standard InChI is InChI=1S/C21H29N5O3/c1-25(2)20-17(13-22-14-24-20)26-9-7-16(8-10-26)21(27)23-12-15-5-6-18(28-3)19(11-15)29-4/h5-6,11,13-14,16H,7-10,12H2,1-4H3,(H,23,27). The van der Waals surface area contributed by atoms with Gasteiger partial charge in [-0.15, -0.1) is 0 Å². The smallest absolute Gasteiger partial charge is 0.223 e. The van der Waals surface area contributed by atoms with Crippen molar-refractivity contribution >= 4 is 17.4 Å². The number of nitrogens with one attached hydrogen (secondary N) is 1. The van der Waals surface area contributed by atoms with Crippen molar-refractivity contribution < 1.29 is 14.3 Å². The van der Waals surface area contributed by atoms with E-state index in [4.69, 9.17) is 9.47 Å². The number of carbonyl (C=O) groups is 1. The third-order valence-corrected chi connectivity index (χ3v) is 5.22. The molecule has 156 valence electrons. The maximum atomic E-state index is 12.6. The number of hydrogen-bond donors (Lipinski definition) is 1. The van der Waals surface area contributed by atoms with Crippen LogP contribution in [0.4, 0.5) is 11.5 Å². The molecule has 0 aliphatic carbocycles. The Labute approximate surface area is 171 Å². The predicted molar refractivity (Wildman–Crippen MR) is 113 cm³/mol. The molecule has 1 saturated heterocycles. The summed E-state index contributed by atoms with van der Waals surface area (Å²) < 4.78 is 10.6. The molecule has 8 nitrogen and oxygen atoms in total. The molecule has 29 heavy (non-hydrogen) atoms. The van der Waals surface area contributed by atoms with Gasteiger partial charge in [0.25, 0.3) is 0 Å². The van der Waals surface area contributed by atoms with Gasteiger partial charge in [-0.2, -0.15) is 0 Å². The number of hydrogen-bond acceptors (Lipinski definition) is 7. The van der Waals surface area contributed by atoms with Gasteiger partial charge < -0.3 is 24.6 Å². The Morgan fingerprint density at radius 3 is 2.59 bits per heavy atom. The molecule has 0 saturated carbocycles. The van der Waals surface area contributed by atoms with Crippen LogP contribution in [0.3, 0.4) is 0 Å². The second-order valence-electron chi connectivity index (χ2n) is 7.29. The molecule has 8 heteroatoms. The van der Waals surface area contributed by atoms with Crippen LogP contribution in [0.5, 0.6) is 11.5 Å². The first kappa shape index (κ1) is 20.7. The molecule has 3 rings (SSSR count). The van der Waals surface area contributed by atoms with Crippen molar-refractivity contribution in [2.24, 2.45) is 5.92 Å². The van der Waals surface area contributed by atoms with E-state index in [1.807, 2.05) is 43.4 Å². The summed E-state index contributed by atoms with van der Waals surface area (Å²) in [4.78, 5) is 25.4. The molecule has 0 radical (unpaired) electrons. The first-order valence-corrected chi connectivity index (χ1v) is 9.74. The molecule has 2 aromatic rings. The molecular weight excluding hydrogens is 370 g/mol. The summed E-state index contributed by atoms with van der Waals surface area (Å²) in [6.07, 6.45) is 5.02. The van der Waals surface area contributed by atoms with E-state index in [-0.39, 0.29) is 11.8 Å². The van der Waals surface area contributed by atoms with Crippen LogP contribution in [0.15, 0.2) is 30.7 Å². The van der Waals surface area contributed by atoms with E-state index >= 15 is 0 Å². The maximum Gasteiger partial charge on any atom is 0.223 e. The molecule has 1 aromatic carbocycles. The van der Waals surface area contributed by atoms with Gasteiger partial charge >= 0.3 is 0 Å². The van der Waals surface area contributed by atoms with Gasteiger partial charge in [-0.3, -0.25) is 4.79 Å². The van der Waals surface area contributed by atoms with Gasteiger partial charge in [-0.05, 0) is 30.5 Å².